The Morgan fingerprint density at radius 1 is 1.17 bits per heavy atom. The van der Waals surface area contributed by atoms with Crippen molar-refractivity contribution in [3.8, 4) is 5.69 Å². The van der Waals surface area contributed by atoms with Crippen LogP contribution in [0.1, 0.15) is 28.0 Å². The molecule has 0 saturated heterocycles. The van der Waals surface area contributed by atoms with Crippen molar-refractivity contribution in [3.63, 3.8) is 0 Å². The Bertz CT molecular complexity index is 1190. The molecular weight excluding hydrogens is 403 g/mol. The van der Waals surface area contributed by atoms with Gasteiger partial charge in [-0.15, -0.1) is 11.3 Å². The first-order valence-electron chi connectivity index (χ1n) is 8.79. The molecule has 0 saturated carbocycles. The first-order valence-corrected chi connectivity index (χ1v) is 9.60. The lowest BCUT2D eigenvalue weighted by Gasteiger charge is -2.04. The van der Waals surface area contributed by atoms with E-state index >= 15 is 0 Å². The van der Waals surface area contributed by atoms with Crippen LogP contribution in [0, 0.1) is 6.92 Å². The fourth-order valence-electron chi connectivity index (χ4n) is 3.04. The Labute approximate surface area is 167 Å². The Balaban J connectivity index is 1.76. The number of aromatic nitrogens is 4. The zero-order valence-corrected chi connectivity index (χ0v) is 16.3. The molecule has 3 aromatic heterocycles. The molecule has 0 spiro atoms. The van der Waals surface area contributed by atoms with Gasteiger partial charge in [0.25, 0.3) is 5.91 Å². The normalized spacial score (nSPS) is 11.9. The van der Waals surface area contributed by atoms with Crippen molar-refractivity contribution in [2.24, 2.45) is 0 Å². The van der Waals surface area contributed by atoms with Gasteiger partial charge in [-0.2, -0.15) is 23.4 Å². The Morgan fingerprint density at radius 3 is 2.52 bits per heavy atom. The minimum Gasteiger partial charge on any atom is -0.304 e. The van der Waals surface area contributed by atoms with Gasteiger partial charge in [0.2, 0.25) is 0 Å². The first-order chi connectivity index (χ1) is 13.8. The molecule has 0 aliphatic heterocycles. The Morgan fingerprint density at radius 2 is 1.90 bits per heavy atom. The summed E-state index contributed by atoms with van der Waals surface area (Å²) < 4.78 is 43.5. The van der Waals surface area contributed by atoms with Crippen LogP contribution in [0.3, 0.4) is 0 Å². The summed E-state index contributed by atoms with van der Waals surface area (Å²) in [4.78, 5) is 13.0. The predicted octanol–water partition coefficient (Wildman–Crippen LogP) is 4.88. The van der Waals surface area contributed by atoms with Crippen LogP contribution in [0.4, 0.5) is 19.0 Å². The van der Waals surface area contributed by atoms with E-state index < -0.39 is 17.8 Å². The van der Waals surface area contributed by atoms with E-state index in [2.05, 4.69) is 15.5 Å². The van der Waals surface area contributed by atoms with Crippen LogP contribution in [0.2, 0.25) is 0 Å². The van der Waals surface area contributed by atoms with Gasteiger partial charge in [0.15, 0.2) is 11.5 Å². The average Bonchev–Trinajstić information content (AvgIpc) is 3.34. The van der Waals surface area contributed by atoms with E-state index in [0.717, 1.165) is 17.0 Å². The molecule has 4 rings (SSSR count). The number of alkyl halides is 3. The van der Waals surface area contributed by atoms with Gasteiger partial charge < -0.3 is 5.32 Å². The average molecular weight is 419 g/mol. The molecule has 150 valence electrons. The number of thiophene rings is 1. The third-order valence-electron chi connectivity index (χ3n) is 4.38. The highest BCUT2D eigenvalue weighted by Crippen LogP contribution is 2.39. The second kappa shape index (κ2) is 7.03. The summed E-state index contributed by atoms with van der Waals surface area (Å²) in [5, 5.41) is 10.6. The molecule has 0 radical (unpaired) electrons. The molecule has 0 atom stereocenters. The molecule has 0 fully saturated rings. The van der Waals surface area contributed by atoms with E-state index in [1.165, 1.54) is 10.7 Å². The van der Waals surface area contributed by atoms with Crippen molar-refractivity contribution in [2.45, 2.75) is 26.6 Å². The quantitative estimate of drug-likeness (QED) is 0.513. The highest BCUT2D eigenvalue weighted by atomic mass is 32.1. The number of fused-ring (bicyclic) bond motifs is 1. The molecule has 1 N–H and O–H groups in total. The smallest absolute Gasteiger partial charge is 0.304 e. The zero-order chi connectivity index (χ0) is 20.8. The molecule has 0 aliphatic carbocycles. The number of hydrogen-bond acceptors (Lipinski definition) is 4. The van der Waals surface area contributed by atoms with E-state index in [4.69, 9.17) is 0 Å². The standard InChI is InChI=1S/C19H16F3N5OS/c1-3-26-11(2)9-15(24-26)23-17(28)14-10-13-16(19(20,21)22)25-27(18(13)29-14)12-7-5-4-6-8-12/h4-10H,3H2,1-2H3,(H,23,24,28). The lowest BCUT2D eigenvalue weighted by Crippen LogP contribution is -2.11. The van der Waals surface area contributed by atoms with Crippen LogP contribution < -0.4 is 5.32 Å². The zero-order valence-electron chi connectivity index (χ0n) is 15.5. The van der Waals surface area contributed by atoms with Crippen molar-refractivity contribution in [1.29, 1.82) is 0 Å². The molecule has 1 aromatic carbocycles. The van der Waals surface area contributed by atoms with Crippen LogP contribution >= 0.6 is 11.3 Å². The van der Waals surface area contributed by atoms with E-state index in [1.54, 1.807) is 41.1 Å². The fourth-order valence-corrected chi connectivity index (χ4v) is 4.07. The number of carbonyl (C=O) groups is 1. The highest BCUT2D eigenvalue weighted by Gasteiger charge is 2.38. The second-order valence-corrected chi connectivity index (χ2v) is 7.39. The number of rotatable bonds is 4. The summed E-state index contributed by atoms with van der Waals surface area (Å²) in [6.45, 7) is 4.42. The fraction of sp³-hybridized carbons (Fsp3) is 0.211. The number of hydrogen-bond donors (Lipinski definition) is 1. The summed E-state index contributed by atoms with van der Waals surface area (Å²) in [6, 6.07) is 11.4. The van der Waals surface area contributed by atoms with Gasteiger partial charge in [0.1, 0.15) is 4.83 Å². The van der Waals surface area contributed by atoms with Gasteiger partial charge in [-0.1, -0.05) is 18.2 Å². The number of nitrogens with one attached hydrogen (secondary N) is 1. The van der Waals surface area contributed by atoms with Gasteiger partial charge in [0.05, 0.1) is 10.6 Å². The molecule has 29 heavy (non-hydrogen) atoms. The van der Waals surface area contributed by atoms with Crippen LogP contribution in [0.5, 0.6) is 0 Å². The summed E-state index contributed by atoms with van der Waals surface area (Å²) in [5.41, 5.74) is 0.343. The third kappa shape index (κ3) is 3.51. The number of carbonyl (C=O) groups excluding carboxylic acids is 1. The van der Waals surface area contributed by atoms with Crippen molar-refractivity contribution in [1.82, 2.24) is 19.6 Å². The van der Waals surface area contributed by atoms with Gasteiger partial charge in [0, 0.05) is 23.7 Å². The molecule has 0 bridgehead atoms. The van der Waals surface area contributed by atoms with Crippen molar-refractivity contribution >= 4 is 33.3 Å². The lowest BCUT2D eigenvalue weighted by molar-refractivity contribution is -0.140. The number of para-hydroxylation sites is 1. The topological polar surface area (TPSA) is 64.7 Å². The Kier molecular flexibility index (Phi) is 4.65. The molecule has 1 amide bonds. The van der Waals surface area contributed by atoms with Crippen molar-refractivity contribution in [2.75, 3.05) is 5.32 Å². The maximum absolute atomic E-state index is 13.5. The largest absolute Gasteiger partial charge is 0.435 e. The summed E-state index contributed by atoms with van der Waals surface area (Å²) in [6.07, 6.45) is -4.63. The lowest BCUT2D eigenvalue weighted by atomic mass is 10.2. The molecular formula is C19H16F3N5OS. The highest BCUT2D eigenvalue weighted by molar-refractivity contribution is 7.20. The number of nitrogens with zero attached hydrogens (tertiary/aromatic N) is 4. The van der Waals surface area contributed by atoms with Crippen LogP contribution in [-0.4, -0.2) is 25.5 Å². The van der Waals surface area contributed by atoms with Gasteiger partial charge >= 0.3 is 6.18 Å². The van der Waals surface area contributed by atoms with Crippen molar-refractivity contribution < 1.29 is 18.0 Å². The van der Waals surface area contributed by atoms with Crippen LogP contribution in [-0.2, 0) is 12.7 Å². The SMILES string of the molecule is CCn1nc(NC(=O)c2cc3c(C(F)(F)F)nn(-c4ccccc4)c3s2)cc1C. The first kappa shape index (κ1) is 19.2. The van der Waals surface area contributed by atoms with Crippen molar-refractivity contribution in [3.05, 3.63) is 58.7 Å². The van der Waals surface area contributed by atoms with Crippen LogP contribution in [0.15, 0.2) is 42.5 Å². The second-order valence-electron chi connectivity index (χ2n) is 6.36. The number of amides is 1. The predicted molar refractivity (Wildman–Crippen MR) is 105 cm³/mol. The summed E-state index contributed by atoms with van der Waals surface area (Å²) in [5.74, 6) is -0.160. The van der Waals surface area contributed by atoms with Gasteiger partial charge in [-0.25, -0.2) is 4.68 Å². The molecule has 6 nitrogen and oxygen atoms in total. The maximum atomic E-state index is 13.5. The molecule has 3 heterocycles. The minimum atomic E-state index is -4.63. The number of aryl methyl sites for hydroxylation is 2. The van der Waals surface area contributed by atoms with E-state index in [-0.39, 0.29) is 15.1 Å². The van der Waals surface area contributed by atoms with Gasteiger partial charge in [-0.05, 0) is 32.0 Å². The third-order valence-corrected chi connectivity index (χ3v) is 5.48. The summed E-state index contributed by atoms with van der Waals surface area (Å²) >= 11 is 0.954. The number of benzene rings is 1. The number of halogens is 3. The van der Waals surface area contributed by atoms with E-state index in [1.807, 2.05) is 13.8 Å². The molecule has 10 heteroatoms. The van der Waals surface area contributed by atoms with E-state index in [0.29, 0.717) is 18.1 Å². The van der Waals surface area contributed by atoms with E-state index in [9.17, 15) is 18.0 Å². The summed E-state index contributed by atoms with van der Waals surface area (Å²) in [7, 11) is 0. The minimum absolute atomic E-state index is 0.105. The molecule has 0 aliphatic rings. The number of anilines is 1. The van der Waals surface area contributed by atoms with Gasteiger partial charge in [-0.3, -0.25) is 9.48 Å². The molecule has 4 aromatic rings. The maximum Gasteiger partial charge on any atom is 0.435 e. The monoisotopic (exact) mass is 419 g/mol. The molecule has 0 unspecified atom stereocenters. The van der Waals surface area contributed by atoms with Crippen LogP contribution in [0.25, 0.3) is 15.9 Å². The Hall–Kier alpha value is -3.14.